The molecule has 8 heteroatoms. The Balaban J connectivity index is 0.00000361. The van der Waals surface area contributed by atoms with E-state index in [4.69, 9.17) is 5.73 Å². The quantitative estimate of drug-likeness (QED) is 0.541. The molecular weight excluding hydrogens is 284 g/mol. The van der Waals surface area contributed by atoms with E-state index in [-0.39, 0.29) is 30.5 Å². The van der Waals surface area contributed by atoms with Crippen LogP contribution in [0, 0.1) is 10.1 Å². The fourth-order valence-corrected chi connectivity index (χ4v) is 1.35. The highest BCUT2D eigenvalue weighted by Crippen LogP contribution is 2.22. The molecule has 20 heavy (non-hydrogen) atoms. The van der Waals surface area contributed by atoms with Crippen LogP contribution in [0.1, 0.15) is 13.8 Å². The molecule has 0 saturated carbocycles. The number of nitrogens with zero attached hydrogens (tertiary/aromatic N) is 1. The van der Waals surface area contributed by atoms with Crippen molar-refractivity contribution in [1.82, 2.24) is 5.32 Å². The Labute approximate surface area is 123 Å². The van der Waals surface area contributed by atoms with Gasteiger partial charge in [-0.05, 0) is 19.9 Å². The molecule has 0 aromatic heterocycles. The number of benzene rings is 1. The summed E-state index contributed by atoms with van der Waals surface area (Å²) in [5, 5.41) is 16.2. The molecule has 0 radical (unpaired) electrons. The number of nitro benzene ring substituents is 1. The van der Waals surface area contributed by atoms with Gasteiger partial charge in [0, 0.05) is 18.2 Å². The van der Waals surface area contributed by atoms with Crippen molar-refractivity contribution in [2.24, 2.45) is 5.73 Å². The molecule has 4 N–H and O–H groups in total. The van der Waals surface area contributed by atoms with Crippen LogP contribution in [0.3, 0.4) is 0 Å². The number of carbonyl (C=O) groups excluding carboxylic acids is 1. The smallest absolute Gasteiger partial charge is 0.292 e. The van der Waals surface area contributed by atoms with Gasteiger partial charge in [0.25, 0.3) is 5.69 Å². The summed E-state index contributed by atoms with van der Waals surface area (Å²) in [4.78, 5) is 21.8. The summed E-state index contributed by atoms with van der Waals surface area (Å²) in [6.07, 6.45) is 0. The molecule has 0 spiro atoms. The Morgan fingerprint density at radius 1 is 1.40 bits per heavy atom. The SMILES string of the molecule is CC(C)(N)CNC(=O)CNc1ccccc1[N+](=O)[O-].Cl. The van der Waals surface area contributed by atoms with Crippen LogP contribution in [0.15, 0.2) is 24.3 Å². The minimum atomic E-state index is -0.497. The Kier molecular flexibility index (Phi) is 6.95. The molecule has 0 bridgehead atoms. The molecule has 0 unspecified atom stereocenters. The van der Waals surface area contributed by atoms with Gasteiger partial charge < -0.3 is 16.4 Å². The van der Waals surface area contributed by atoms with Gasteiger partial charge in [-0.2, -0.15) is 0 Å². The van der Waals surface area contributed by atoms with Crippen molar-refractivity contribution in [2.75, 3.05) is 18.4 Å². The van der Waals surface area contributed by atoms with Gasteiger partial charge in [0.05, 0.1) is 11.5 Å². The number of para-hydroxylation sites is 2. The monoisotopic (exact) mass is 302 g/mol. The van der Waals surface area contributed by atoms with Crippen molar-refractivity contribution in [3.05, 3.63) is 34.4 Å². The number of amides is 1. The number of nitrogens with one attached hydrogen (secondary N) is 2. The highest BCUT2D eigenvalue weighted by molar-refractivity contribution is 5.85. The van der Waals surface area contributed by atoms with Gasteiger partial charge >= 0.3 is 0 Å². The Morgan fingerprint density at radius 3 is 2.55 bits per heavy atom. The van der Waals surface area contributed by atoms with E-state index in [0.29, 0.717) is 12.2 Å². The van der Waals surface area contributed by atoms with Crippen LogP contribution in [0.25, 0.3) is 0 Å². The van der Waals surface area contributed by atoms with Crippen molar-refractivity contribution in [3.8, 4) is 0 Å². The van der Waals surface area contributed by atoms with E-state index in [2.05, 4.69) is 10.6 Å². The van der Waals surface area contributed by atoms with E-state index in [1.165, 1.54) is 6.07 Å². The number of carbonyl (C=O) groups is 1. The van der Waals surface area contributed by atoms with Gasteiger partial charge in [-0.15, -0.1) is 12.4 Å². The summed E-state index contributed by atoms with van der Waals surface area (Å²) >= 11 is 0. The Morgan fingerprint density at radius 2 is 2.00 bits per heavy atom. The molecule has 1 rings (SSSR count). The standard InChI is InChI=1S/C12H18N4O3.ClH/c1-12(2,13)8-15-11(17)7-14-9-5-3-4-6-10(9)16(18)19;/h3-6,14H,7-8,13H2,1-2H3,(H,15,17);1H. The van der Waals surface area contributed by atoms with Crippen LogP contribution in [-0.2, 0) is 4.79 Å². The van der Waals surface area contributed by atoms with Crippen molar-refractivity contribution in [1.29, 1.82) is 0 Å². The number of nitro groups is 1. The number of nitrogens with two attached hydrogens (primary N) is 1. The van der Waals surface area contributed by atoms with E-state index in [1.54, 1.807) is 32.0 Å². The zero-order valence-electron chi connectivity index (χ0n) is 11.4. The third-order valence-corrected chi connectivity index (χ3v) is 2.28. The molecule has 0 saturated heterocycles. The Hall–Kier alpha value is -1.86. The van der Waals surface area contributed by atoms with Gasteiger partial charge in [-0.25, -0.2) is 0 Å². The van der Waals surface area contributed by atoms with E-state index < -0.39 is 10.5 Å². The van der Waals surface area contributed by atoms with Gasteiger partial charge in [-0.1, -0.05) is 12.1 Å². The first-order chi connectivity index (χ1) is 8.79. The third kappa shape index (κ3) is 6.35. The zero-order chi connectivity index (χ0) is 14.5. The first-order valence-electron chi connectivity index (χ1n) is 5.82. The predicted molar refractivity (Wildman–Crippen MR) is 80.1 cm³/mol. The molecule has 0 heterocycles. The van der Waals surface area contributed by atoms with E-state index in [0.717, 1.165) is 0 Å². The van der Waals surface area contributed by atoms with Crippen LogP contribution in [0.2, 0.25) is 0 Å². The maximum atomic E-state index is 11.5. The topological polar surface area (TPSA) is 110 Å². The molecule has 0 aliphatic carbocycles. The first kappa shape index (κ1) is 18.1. The molecule has 0 aliphatic rings. The lowest BCUT2D eigenvalue weighted by Crippen LogP contribution is -2.46. The van der Waals surface area contributed by atoms with Crippen molar-refractivity contribution in [3.63, 3.8) is 0 Å². The largest absolute Gasteiger partial charge is 0.371 e. The average molecular weight is 303 g/mol. The molecule has 1 amide bonds. The summed E-state index contributed by atoms with van der Waals surface area (Å²) in [5.74, 6) is -0.267. The van der Waals surface area contributed by atoms with Crippen LogP contribution >= 0.6 is 12.4 Å². The highest BCUT2D eigenvalue weighted by atomic mass is 35.5. The summed E-state index contributed by atoms with van der Waals surface area (Å²) < 4.78 is 0. The molecule has 0 atom stereocenters. The molecule has 7 nitrogen and oxygen atoms in total. The van der Waals surface area contributed by atoms with Crippen molar-refractivity contribution >= 4 is 29.7 Å². The van der Waals surface area contributed by atoms with Crippen molar-refractivity contribution in [2.45, 2.75) is 19.4 Å². The van der Waals surface area contributed by atoms with Crippen LogP contribution in [0.4, 0.5) is 11.4 Å². The number of rotatable bonds is 6. The van der Waals surface area contributed by atoms with Gasteiger partial charge in [0.1, 0.15) is 5.69 Å². The maximum absolute atomic E-state index is 11.5. The van der Waals surface area contributed by atoms with E-state index >= 15 is 0 Å². The molecule has 1 aromatic rings. The van der Waals surface area contributed by atoms with Crippen LogP contribution in [-0.4, -0.2) is 29.5 Å². The fraction of sp³-hybridized carbons (Fsp3) is 0.417. The minimum Gasteiger partial charge on any atom is -0.371 e. The number of hydrogen-bond donors (Lipinski definition) is 3. The molecular formula is C12H19ClN4O3. The second-order valence-corrected chi connectivity index (χ2v) is 4.89. The second-order valence-electron chi connectivity index (χ2n) is 4.89. The average Bonchev–Trinajstić information content (AvgIpc) is 2.33. The summed E-state index contributed by atoms with van der Waals surface area (Å²) in [6, 6.07) is 6.16. The highest BCUT2D eigenvalue weighted by Gasteiger charge is 2.14. The molecule has 1 aromatic carbocycles. The minimum absolute atomic E-state index is 0. The van der Waals surface area contributed by atoms with Crippen LogP contribution in [0.5, 0.6) is 0 Å². The normalized spacial score (nSPS) is 10.3. The van der Waals surface area contributed by atoms with Crippen molar-refractivity contribution < 1.29 is 9.72 Å². The summed E-state index contributed by atoms with van der Waals surface area (Å²) in [5.41, 5.74) is 5.49. The molecule has 112 valence electrons. The lowest BCUT2D eigenvalue weighted by Gasteiger charge is -2.19. The van der Waals surface area contributed by atoms with Gasteiger partial charge in [0.2, 0.25) is 5.91 Å². The lowest BCUT2D eigenvalue weighted by molar-refractivity contribution is -0.383. The van der Waals surface area contributed by atoms with Crippen LogP contribution < -0.4 is 16.4 Å². The lowest BCUT2D eigenvalue weighted by atomic mass is 10.1. The molecule has 0 fully saturated rings. The Bertz CT molecular complexity index is 474. The third-order valence-electron chi connectivity index (χ3n) is 2.28. The fourth-order valence-electron chi connectivity index (χ4n) is 1.35. The zero-order valence-corrected chi connectivity index (χ0v) is 12.2. The first-order valence-corrected chi connectivity index (χ1v) is 5.82. The second kappa shape index (κ2) is 7.66. The van der Waals surface area contributed by atoms with E-state index in [9.17, 15) is 14.9 Å². The van der Waals surface area contributed by atoms with E-state index in [1.807, 2.05) is 0 Å². The predicted octanol–water partition coefficient (Wildman–Crippen LogP) is 1.28. The maximum Gasteiger partial charge on any atom is 0.292 e. The van der Waals surface area contributed by atoms with Gasteiger partial charge in [-0.3, -0.25) is 14.9 Å². The molecule has 0 aliphatic heterocycles. The summed E-state index contributed by atoms with van der Waals surface area (Å²) in [6.45, 7) is 3.89. The van der Waals surface area contributed by atoms with Gasteiger partial charge in [0.15, 0.2) is 0 Å². The number of anilines is 1. The number of halogens is 1. The summed E-state index contributed by atoms with van der Waals surface area (Å²) in [7, 11) is 0. The number of hydrogen-bond acceptors (Lipinski definition) is 5.